The Morgan fingerprint density at radius 1 is 0.917 bits per heavy atom. The molecular weight excluding hydrogens is 345 g/mol. The summed E-state index contributed by atoms with van der Waals surface area (Å²) in [7, 11) is 0. The topological polar surface area (TPSA) is 21.7 Å². The molecule has 1 saturated heterocycles. The van der Waals surface area contributed by atoms with Gasteiger partial charge in [-0.05, 0) is 56.3 Å². The molecule has 3 rings (SSSR count). The SMILES string of the molecule is Cl.Clc1cccc(Oc2ccccc2OCCN2CCCCC2)c1. The van der Waals surface area contributed by atoms with Gasteiger partial charge in [-0.25, -0.2) is 0 Å². The molecule has 1 aliphatic rings. The Labute approximate surface area is 154 Å². The molecule has 1 heterocycles. The Hall–Kier alpha value is -1.42. The second-order valence-corrected chi connectivity index (χ2v) is 6.19. The van der Waals surface area contributed by atoms with Gasteiger partial charge in [-0.3, -0.25) is 4.90 Å². The van der Waals surface area contributed by atoms with E-state index in [1.807, 2.05) is 42.5 Å². The average molecular weight is 368 g/mol. The number of piperidine rings is 1. The summed E-state index contributed by atoms with van der Waals surface area (Å²) in [6.45, 7) is 4.01. The van der Waals surface area contributed by atoms with Crippen LogP contribution >= 0.6 is 24.0 Å². The van der Waals surface area contributed by atoms with Crippen LogP contribution in [0.25, 0.3) is 0 Å². The summed E-state index contributed by atoms with van der Waals surface area (Å²) >= 11 is 6.00. The number of rotatable bonds is 6. The average Bonchev–Trinajstić information content (AvgIpc) is 2.57. The Kier molecular flexibility index (Phi) is 7.70. The largest absolute Gasteiger partial charge is 0.488 e. The van der Waals surface area contributed by atoms with E-state index >= 15 is 0 Å². The maximum absolute atomic E-state index is 6.00. The highest BCUT2D eigenvalue weighted by Crippen LogP contribution is 2.32. The summed E-state index contributed by atoms with van der Waals surface area (Å²) in [5.41, 5.74) is 0. The van der Waals surface area contributed by atoms with E-state index < -0.39 is 0 Å². The molecule has 0 bridgehead atoms. The Bertz CT molecular complexity index is 630. The van der Waals surface area contributed by atoms with E-state index in [1.165, 1.54) is 32.4 Å². The van der Waals surface area contributed by atoms with E-state index in [-0.39, 0.29) is 12.4 Å². The first-order chi connectivity index (χ1) is 11.3. The van der Waals surface area contributed by atoms with Gasteiger partial charge < -0.3 is 9.47 Å². The number of hydrogen-bond acceptors (Lipinski definition) is 3. The van der Waals surface area contributed by atoms with E-state index in [0.717, 1.165) is 12.3 Å². The van der Waals surface area contributed by atoms with Gasteiger partial charge >= 0.3 is 0 Å². The number of likely N-dealkylation sites (tertiary alicyclic amines) is 1. The smallest absolute Gasteiger partial charge is 0.169 e. The van der Waals surface area contributed by atoms with Gasteiger partial charge in [-0.15, -0.1) is 12.4 Å². The minimum Gasteiger partial charge on any atom is -0.488 e. The Morgan fingerprint density at radius 3 is 2.42 bits per heavy atom. The third-order valence-electron chi connectivity index (χ3n) is 3.99. The number of benzene rings is 2. The molecule has 0 radical (unpaired) electrons. The molecule has 0 saturated carbocycles. The highest BCUT2D eigenvalue weighted by Gasteiger charge is 2.11. The fourth-order valence-corrected chi connectivity index (χ4v) is 2.96. The minimum atomic E-state index is 0. The van der Waals surface area contributed by atoms with Gasteiger partial charge in [0.1, 0.15) is 12.4 Å². The van der Waals surface area contributed by atoms with Crippen LogP contribution in [0.1, 0.15) is 19.3 Å². The molecule has 0 N–H and O–H groups in total. The second kappa shape index (κ2) is 9.77. The van der Waals surface area contributed by atoms with Crippen molar-refractivity contribution in [3.05, 3.63) is 53.6 Å². The molecule has 5 heteroatoms. The van der Waals surface area contributed by atoms with Crippen LogP contribution in [-0.2, 0) is 0 Å². The van der Waals surface area contributed by atoms with Gasteiger partial charge in [-0.2, -0.15) is 0 Å². The van der Waals surface area contributed by atoms with Crippen LogP contribution in [0.15, 0.2) is 48.5 Å². The zero-order valence-electron chi connectivity index (χ0n) is 13.6. The minimum absolute atomic E-state index is 0. The maximum atomic E-state index is 6.00. The third-order valence-corrected chi connectivity index (χ3v) is 4.22. The van der Waals surface area contributed by atoms with Crippen LogP contribution in [0.2, 0.25) is 5.02 Å². The monoisotopic (exact) mass is 367 g/mol. The highest BCUT2D eigenvalue weighted by atomic mass is 35.5. The molecule has 1 aliphatic heterocycles. The van der Waals surface area contributed by atoms with Crippen molar-refractivity contribution < 1.29 is 9.47 Å². The van der Waals surface area contributed by atoms with Gasteiger partial charge in [0, 0.05) is 11.6 Å². The van der Waals surface area contributed by atoms with E-state index in [1.54, 1.807) is 6.07 Å². The van der Waals surface area contributed by atoms with Crippen molar-refractivity contribution in [2.45, 2.75) is 19.3 Å². The van der Waals surface area contributed by atoms with Crippen molar-refractivity contribution >= 4 is 24.0 Å². The van der Waals surface area contributed by atoms with E-state index in [2.05, 4.69) is 4.90 Å². The molecule has 2 aromatic rings. The molecule has 24 heavy (non-hydrogen) atoms. The van der Waals surface area contributed by atoms with Crippen molar-refractivity contribution in [3.8, 4) is 17.2 Å². The molecule has 130 valence electrons. The van der Waals surface area contributed by atoms with Crippen LogP contribution < -0.4 is 9.47 Å². The molecule has 0 atom stereocenters. The first-order valence-corrected chi connectivity index (χ1v) is 8.57. The zero-order chi connectivity index (χ0) is 15.9. The predicted octanol–water partition coefficient (Wildman–Crippen LogP) is 5.42. The van der Waals surface area contributed by atoms with Gasteiger partial charge in [0.2, 0.25) is 0 Å². The first kappa shape index (κ1) is 18.9. The van der Waals surface area contributed by atoms with Gasteiger partial charge in [-0.1, -0.05) is 36.2 Å². The maximum Gasteiger partial charge on any atom is 0.169 e. The van der Waals surface area contributed by atoms with Crippen LogP contribution in [0.3, 0.4) is 0 Å². The number of hydrogen-bond donors (Lipinski definition) is 0. The van der Waals surface area contributed by atoms with Crippen LogP contribution in [0.4, 0.5) is 0 Å². The molecule has 0 aromatic heterocycles. The fraction of sp³-hybridized carbons (Fsp3) is 0.368. The van der Waals surface area contributed by atoms with Crippen molar-refractivity contribution in [2.75, 3.05) is 26.2 Å². The molecule has 0 unspecified atom stereocenters. The number of halogens is 2. The summed E-state index contributed by atoms with van der Waals surface area (Å²) < 4.78 is 11.9. The summed E-state index contributed by atoms with van der Waals surface area (Å²) in [6, 6.07) is 15.1. The van der Waals surface area contributed by atoms with Crippen LogP contribution in [0, 0.1) is 0 Å². The van der Waals surface area contributed by atoms with Crippen LogP contribution in [-0.4, -0.2) is 31.1 Å². The normalized spacial score (nSPS) is 14.7. The molecule has 3 nitrogen and oxygen atoms in total. The van der Waals surface area contributed by atoms with Crippen molar-refractivity contribution in [1.82, 2.24) is 4.90 Å². The standard InChI is InChI=1S/C19H22ClNO2.ClH/c20-16-7-6-8-17(15-16)23-19-10-3-2-9-18(19)22-14-13-21-11-4-1-5-12-21;/h2-3,6-10,15H,1,4-5,11-14H2;1H. The van der Waals surface area contributed by atoms with Gasteiger partial charge in [0.25, 0.3) is 0 Å². The lowest BCUT2D eigenvalue weighted by molar-refractivity contribution is 0.181. The molecule has 2 aromatic carbocycles. The quantitative estimate of drug-likeness (QED) is 0.680. The summed E-state index contributed by atoms with van der Waals surface area (Å²) in [4.78, 5) is 2.46. The number of para-hydroxylation sites is 2. The zero-order valence-corrected chi connectivity index (χ0v) is 15.2. The van der Waals surface area contributed by atoms with Crippen molar-refractivity contribution in [1.29, 1.82) is 0 Å². The molecular formula is C19H23Cl2NO2. The fourth-order valence-electron chi connectivity index (χ4n) is 2.78. The van der Waals surface area contributed by atoms with E-state index in [0.29, 0.717) is 23.1 Å². The molecule has 0 amide bonds. The molecule has 0 spiro atoms. The van der Waals surface area contributed by atoms with Crippen molar-refractivity contribution in [2.24, 2.45) is 0 Å². The van der Waals surface area contributed by atoms with Gasteiger partial charge in [0.15, 0.2) is 11.5 Å². The first-order valence-electron chi connectivity index (χ1n) is 8.19. The number of ether oxygens (including phenoxy) is 2. The molecule has 0 aliphatic carbocycles. The third kappa shape index (κ3) is 5.59. The lowest BCUT2D eigenvalue weighted by atomic mass is 10.1. The highest BCUT2D eigenvalue weighted by molar-refractivity contribution is 6.30. The van der Waals surface area contributed by atoms with Crippen molar-refractivity contribution in [3.63, 3.8) is 0 Å². The van der Waals surface area contributed by atoms with E-state index in [4.69, 9.17) is 21.1 Å². The lowest BCUT2D eigenvalue weighted by Gasteiger charge is -2.26. The summed E-state index contributed by atoms with van der Waals surface area (Å²) in [6.07, 6.45) is 3.95. The van der Waals surface area contributed by atoms with E-state index in [9.17, 15) is 0 Å². The Morgan fingerprint density at radius 2 is 1.67 bits per heavy atom. The summed E-state index contributed by atoms with van der Waals surface area (Å²) in [5, 5.41) is 0.658. The van der Waals surface area contributed by atoms with Crippen LogP contribution in [0.5, 0.6) is 17.2 Å². The number of nitrogens with zero attached hydrogens (tertiary/aromatic N) is 1. The van der Waals surface area contributed by atoms with Gasteiger partial charge in [0.05, 0.1) is 0 Å². The molecule has 1 fully saturated rings. The predicted molar refractivity (Wildman–Crippen MR) is 101 cm³/mol. The Balaban J connectivity index is 0.00000208. The second-order valence-electron chi connectivity index (χ2n) is 5.76. The summed E-state index contributed by atoms with van der Waals surface area (Å²) in [5.74, 6) is 2.20. The lowest BCUT2D eigenvalue weighted by Crippen LogP contribution is -2.33.